The molecule has 1 atom stereocenters. The summed E-state index contributed by atoms with van der Waals surface area (Å²) in [5, 5.41) is 0. The Hall–Kier alpha value is -0.830. The summed E-state index contributed by atoms with van der Waals surface area (Å²) in [6, 6.07) is 7.71. The van der Waals surface area contributed by atoms with Crippen LogP contribution in [-0.4, -0.2) is 19.5 Å². The summed E-state index contributed by atoms with van der Waals surface area (Å²) in [5.41, 5.74) is 0. The van der Waals surface area contributed by atoms with Gasteiger partial charge in [0.25, 0.3) is 0 Å². The number of rotatable bonds is 7. The Morgan fingerprint density at radius 3 is 2.69 bits per heavy atom. The SMILES string of the molecule is COc1cccc(OCCC(C)CCS)c1. The quantitative estimate of drug-likeness (QED) is 0.736. The number of hydrogen-bond donors (Lipinski definition) is 1. The molecule has 0 saturated heterocycles. The third kappa shape index (κ3) is 4.79. The molecule has 1 aromatic carbocycles. The fourth-order valence-corrected chi connectivity index (χ4v) is 1.87. The van der Waals surface area contributed by atoms with Crippen molar-refractivity contribution in [2.24, 2.45) is 5.92 Å². The zero-order chi connectivity index (χ0) is 11.8. The Balaban J connectivity index is 2.31. The minimum Gasteiger partial charge on any atom is -0.497 e. The molecule has 0 aliphatic heterocycles. The smallest absolute Gasteiger partial charge is 0.122 e. The molecule has 90 valence electrons. The van der Waals surface area contributed by atoms with Crippen molar-refractivity contribution in [3.63, 3.8) is 0 Å². The Bertz CT molecular complexity index is 302. The second-order valence-electron chi connectivity index (χ2n) is 3.93. The fourth-order valence-electron chi connectivity index (χ4n) is 1.43. The number of methoxy groups -OCH3 is 1. The van der Waals surface area contributed by atoms with Gasteiger partial charge in [0.2, 0.25) is 0 Å². The summed E-state index contributed by atoms with van der Waals surface area (Å²) in [4.78, 5) is 0. The summed E-state index contributed by atoms with van der Waals surface area (Å²) in [6.45, 7) is 2.98. The maximum Gasteiger partial charge on any atom is 0.122 e. The standard InChI is InChI=1S/C13H20O2S/c1-11(7-9-16)6-8-15-13-5-3-4-12(10-13)14-2/h3-5,10-11,16H,6-9H2,1-2H3. The molecule has 0 aromatic heterocycles. The van der Waals surface area contributed by atoms with Crippen molar-refractivity contribution < 1.29 is 9.47 Å². The van der Waals surface area contributed by atoms with Crippen LogP contribution in [0.5, 0.6) is 11.5 Å². The lowest BCUT2D eigenvalue weighted by atomic mass is 10.1. The van der Waals surface area contributed by atoms with Gasteiger partial charge >= 0.3 is 0 Å². The molecular formula is C13H20O2S. The first-order chi connectivity index (χ1) is 7.76. The van der Waals surface area contributed by atoms with Crippen LogP contribution in [0.2, 0.25) is 0 Å². The predicted molar refractivity (Wildman–Crippen MR) is 70.7 cm³/mol. The van der Waals surface area contributed by atoms with Crippen molar-refractivity contribution in [2.45, 2.75) is 19.8 Å². The number of hydrogen-bond acceptors (Lipinski definition) is 3. The van der Waals surface area contributed by atoms with Crippen LogP contribution < -0.4 is 9.47 Å². The van der Waals surface area contributed by atoms with Crippen molar-refractivity contribution in [1.82, 2.24) is 0 Å². The highest BCUT2D eigenvalue weighted by atomic mass is 32.1. The molecule has 0 aliphatic rings. The normalized spacial score (nSPS) is 12.2. The zero-order valence-corrected chi connectivity index (χ0v) is 10.9. The van der Waals surface area contributed by atoms with E-state index in [9.17, 15) is 0 Å². The molecule has 1 rings (SSSR count). The lowest BCUT2D eigenvalue weighted by Crippen LogP contribution is -2.04. The van der Waals surface area contributed by atoms with E-state index in [0.717, 1.165) is 36.7 Å². The molecule has 16 heavy (non-hydrogen) atoms. The molecule has 0 amide bonds. The van der Waals surface area contributed by atoms with Crippen LogP contribution >= 0.6 is 12.6 Å². The molecule has 0 saturated carbocycles. The van der Waals surface area contributed by atoms with Crippen LogP contribution in [0.3, 0.4) is 0 Å². The van der Waals surface area contributed by atoms with Crippen LogP contribution in [0.4, 0.5) is 0 Å². The molecule has 0 radical (unpaired) electrons. The summed E-state index contributed by atoms with van der Waals surface area (Å²) < 4.78 is 10.8. The van der Waals surface area contributed by atoms with Gasteiger partial charge in [-0.1, -0.05) is 13.0 Å². The molecule has 0 bridgehead atoms. The number of ether oxygens (including phenoxy) is 2. The first-order valence-electron chi connectivity index (χ1n) is 5.64. The van der Waals surface area contributed by atoms with Gasteiger partial charge in [-0.2, -0.15) is 12.6 Å². The first-order valence-corrected chi connectivity index (χ1v) is 6.27. The third-order valence-corrected chi connectivity index (χ3v) is 2.80. The zero-order valence-electron chi connectivity index (χ0n) is 9.98. The van der Waals surface area contributed by atoms with Crippen LogP contribution in [0, 0.1) is 5.92 Å². The lowest BCUT2D eigenvalue weighted by Gasteiger charge is -2.11. The fraction of sp³-hybridized carbons (Fsp3) is 0.538. The minimum absolute atomic E-state index is 0.670. The van der Waals surface area contributed by atoms with Crippen LogP contribution in [0.25, 0.3) is 0 Å². The van der Waals surface area contributed by atoms with E-state index in [1.807, 2.05) is 24.3 Å². The third-order valence-electron chi connectivity index (χ3n) is 2.54. The maximum absolute atomic E-state index is 5.66. The van der Waals surface area contributed by atoms with Crippen molar-refractivity contribution in [1.29, 1.82) is 0 Å². The molecule has 1 aromatic rings. The van der Waals surface area contributed by atoms with E-state index in [1.165, 1.54) is 0 Å². The molecule has 3 heteroatoms. The van der Waals surface area contributed by atoms with E-state index in [-0.39, 0.29) is 0 Å². The van der Waals surface area contributed by atoms with Gasteiger partial charge in [-0.05, 0) is 36.6 Å². The van der Waals surface area contributed by atoms with Gasteiger partial charge in [-0.3, -0.25) is 0 Å². The Morgan fingerprint density at radius 1 is 1.25 bits per heavy atom. The van der Waals surface area contributed by atoms with E-state index in [2.05, 4.69) is 19.6 Å². The lowest BCUT2D eigenvalue weighted by molar-refractivity contribution is 0.280. The van der Waals surface area contributed by atoms with Crippen molar-refractivity contribution in [2.75, 3.05) is 19.5 Å². The highest BCUT2D eigenvalue weighted by Gasteiger charge is 2.02. The second-order valence-corrected chi connectivity index (χ2v) is 4.38. The average Bonchev–Trinajstić information content (AvgIpc) is 2.30. The minimum atomic E-state index is 0.670. The molecular weight excluding hydrogens is 220 g/mol. The number of benzene rings is 1. The van der Waals surface area contributed by atoms with E-state index < -0.39 is 0 Å². The molecule has 2 nitrogen and oxygen atoms in total. The molecule has 0 N–H and O–H groups in total. The van der Waals surface area contributed by atoms with Gasteiger partial charge in [-0.15, -0.1) is 0 Å². The van der Waals surface area contributed by atoms with Gasteiger partial charge in [-0.25, -0.2) is 0 Å². The van der Waals surface area contributed by atoms with Crippen molar-refractivity contribution in [3.05, 3.63) is 24.3 Å². The molecule has 0 heterocycles. The molecule has 0 fully saturated rings. The van der Waals surface area contributed by atoms with E-state index in [1.54, 1.807) is 7.11 Å². The van der Waals surface area contributed by atoms with Gasteiger partial charge in [0.05, 0.1) is 13.7 Å². The van der Waals surface area contributed by atoms with Crippen LogP contribution in [-0.2, 0) is 0 Å². The Kier molecular flexibility index (Phi) is 6.16. The molecule has 1 unspecified atom stereocenters. The van der Waals surface area contributed by atoms with Crippen molar-refractivity contribution in [3.8, 4) is 11.5 Å². The van der Waals surface area contributed by atoms with E-state index in [4.69, 9.17) is 9.47 Å². The Labute approximate surface area is 103 Å². The average molecular weight is 240 g/mol. The molecule has 0 aliphatic carbocycles. The van der Waals surface area contributed by atoms with Gasteiger partial charge in [0, 0.05) is 6.07 Å². The molecule has 0 spiro atoms. The maximum atomic E-state index is 5.66. The highest BCUT2D eigenvalue weighted by Crippen LogP contribution is 2.19. The summed E-state index contributed by atoms with van der Waals surface area (Å²) in [5.74, 6) is 3.32. The summed E-state index contributed by atoms with van der Waals surface area (Å²) in [6.07, 6.45) is 2.21. The monoisotopic (exact) mass is 240 g/mol. The van der Waals surface area contributed by atoms with Crippen molar-refractivity contribution >= 4 is 12.6 Å². The van der Waals surface area contributed by atoms with E-state index in [0.29, 0.717) is 5.92 Å². The number of thiol groups is 1. The highest BCUT2D eigenvalue weighted by molar-refractivity contribution is 7.80. The summed E-state index contributed by atoms with van der Waals surface area (Å²) in [7, 11) is 1.66. The second kappa shape index (κ2) is 7.44. The van der Waals surface area contributed by atoms with Crippen LogP contribution in [0.1, 0.15) is 19.8 Å². The predicted octanol–water partition coefficient (Wildman–Crippen LogP) is 3.42. The first kappa shape index (κ1) is 13.2. The van der Waals surface area contributed by atoms with Gasteiger partial charge in [0.15, 0.2) is 0 Å². The summed E-state index contributed by atoms with van der Waals surface area (Å²) >= 11 is 4.22. The Morgan fingerprint density at radius 2 is 2.00 bits per heavy atom. The van der Waals surface area contributed by atoms with Gasteiger partial charge in [0.1, 0.15) is 11.5 Å². The van der Waals surface area contributed by atoms with Crippen LogP contribution in [0.15, 0.2) is 24.3 Å². The van der Waals surface area contributed by atoms with Gasteiger partial charge < -0.3 is 9.47 Å². The van der Waals surface area contributed by atoms with E-state index >= 15 is 0 Å². The largest absolute Gasteiger partial charge is 0.497 e. The topological polar surface area (TPSA) is 18.5 Å².